The van der Waals surface area contributed by atoms with Crippen molar-refractivity contribution < 1.29 is 0 Å². The first-order valence-electron chi connectivity index (χ1n) is 7.40. The Bertz CT molecular complexity index is 258. The minimum atomic E-state index is -0.601. The quantitative estimate of drug-likeness (QED) is 0.647. The highest BCUT2D eigenvalue weighted by Gasteiger charge is 2.36. The second-order valence-corrected chi connectivity index (χ2v) is 8.60. The average molecular weight is 285 g/mol. The van der Waals surface area contributed by atoms with Crippen LogP contribution in [0.4, 0.5) is 0 Å². The standard InChI is InChI=1S/C15H32N3P/c1-11(2)17(12(3)4)19(15(9)10-16)18(13(5)6)14(7)8/h11-15H,1-9H3. The van der Waals surface area contributed by atoms with Crippen LogP contribution in [0.15, 0.2) is 0 Å². The Balaban J connectivity index is 5.58. The van der Waals surface area contributed by atoms with E-state index in [2.05, 4.69) is 77.7 Å². The zero-order chi connectivity index (χ0) is 15.3. The van der Waals surface area contributed by atoms with Gasteiger partial charge in [-0.1, -0.05) is 0 Å². The third-order valence-electron chi connectivity index (χ3n) is 3.12. The van der Waals surface area contributed by atoms with E-state index in [0.717, 1.165) is 0 Å². The zero-order valence-corrected chi connectivity index (χ0v) is 15.1. The molecule has 0 saturated carbocycles. The molecule has 0 aromatic heterocycles. The maximum Gasteiger partial charge on any atom is 0.0905 e. The van der Waals surface area contributed by atoms with E-state index in [-0.39, 0.29) is 5.66 Å². The lowest BCUT2D eigenvalue weighted by molar-refractivity contribution is 0.254. The molecule has 0 bridgehead atoms. The topological polar surface area (TPSA) is 30.3 Å². The summed E-state index contributed by atoms with van der Waals surface area (Å²) in [5, 5.41) is 9.44. The minimum Gasteiger partial charge on any atom is -0.264 e. The van der Waals surface area contributed by atoms with Crippen molar-refractivity contribution in [3.8, 4) is 6.07 Å². The lowest BCUT2D eigenvalue weighted by Crippen LogP contribution is -2.45. The van der Waals surface area contributed by atoms with Crippen LogP contribution in [0.5, 0.6) is 0 Å². The smallest absolute Gasteiger partial charge is 0.0905 e. The number of nitrogens with zero attached hydrogens (tertiary/aromatic N) is 3. The molecule has 0 aliphatic heterocycles. The molecular weight excluding hydrogens is 253 g/mol. The van der Waals surface area contributed by atoms with E-state index in [1.165, 1.54) is 0 Å². The summed E-state index contributed by atoms with van der Waals surface area (Å²) in [5.41, 5.74) is 0.0598. The average Bonchev–Trinajstić information content (AvgIpc) is 2.24. The lowest BCUT2D eigenvalue weighted by atomic mass is 10.3. The van der Waals surface area contributed by atoms with E-state index in [1.54, 1.807) is 0 Å². The van der Waals surface area contributed by atoms with Crippen molar-refractivity contribution in [3.05, 3.63) is 0 Å². The highest BCUT2D eigenvalue weighted by atomic mass is 31.1. The first-order valence-corrected chi connectivity index (χ1v) is 8.72. The molecule has 0 amide bonds. The van der Waals surface area contributed by atoms with E-state index < -0.39 is 8.22 Å². The number of hydrogen-bond donors (Lipinski definition) is 0. The summed E-state index contributed by atoms with van der Waals surface area (Å²) in [6.45, 7) is 19.9. The van der Waals surface area contributed by atoms with Gasteiger partial charge in [0.1, 0.15) is 0 Å². The molecule has 0 rings (SSSR count). The predicted molar refractivity (Wildman–Crippen MR) is 86.2 cm³/mol. The number of rotatable bonds is 7. The largest absolute Gasteiger partial charge is 0.264 e. The molecule has 0 radical (unpaired) electrons. The maximum atomic E-state index is 9.44. The molecule has 0 saturated heterocycles. The summed E-state index contributed by atoms with van der Waals surface area (Å²) in [4.78, 5) is 0. The van der Waals surface area contributed by atoms with E-state index in [0.29, 0.717) is 24.2 Å². The lowest BCUT2D eigenvalue weighted by Gasteiger charge is -2.48. The maximum absolute atomic E-state index is 9.44. The minimum absolute atomic E-state index is 0.0598. The van der Waals surface area contributed by atoms with Crippen LogP contribution in [-0.4, -0.2) is 39.2 Å². The highest BCUT2D eigenvalue weighted by molar-refractivity contribution is 7.53. The second kappa shape index (κ2) is 8.20. The van der Waals surface area contributed by atoms with E-state index in [4.69, 9.17) is 0 Å². The van der Waals surface area contributed by atoms with E-state index in [9.17, 15) is 5.26 Å². The van der Waals surface area contributed by atoms with Gasteiger partial charge >= 0.3 is 0 Å². The molecule has 1 unspecified atom stereocenters. The molecule has 112 valence electrons. The molecular formula is C15H32N3P. The van der Waals surface area contributed by atoms with Crippen LogP contribution in [0, 0.1) is 11.3 Å². The molecule has 3 nitrogen and oxygen atoms in total. The van der Waals surface area contributed by atoms with E-state index in [1.807, 2.05) is 0 Å². The van der Waals surface area contributed by atoms with Gasteiger partial charge < -0.3 is 0 Å². The first kappa shape index (κ1) is 18.8. The fourth-order valence-electron chi connectivity index (χ4n) is 2.71. The Morgan fingerprint density at radius 3 is 1.11 bits per heavy atom. The molecule has 0 spiro atoms. The van der Waals surface area contributed by atoms with Gasteiger partial charge in [-0.15, -0.1) is 0 Å². The van der Waals surface area contributed by atoms with Crippen LogP contribution < -0.4 is 0 Å². The van der Waals surface area contributed by atoms with Crippen molar-refractivity contribution in [2.24, 2.45) is 0 Å². The van der Waals surface area contributed by atoms with Gasteiger partial charge in [0.05, 0.1) is 20.0 Å². The van der Waals surface area contributed by atoms with Crippen molar-refractivity contribution in [2.45, 2.75) is 92.1 Å². The van der Waals surface area contributed by atoms with Gasteiger partial charge in [-0.25, -0.2) is 0 Å². The van der Waals surface area contributed by atoms with E-state index >= 15 is 0 Å². The van der Waals surface area contributed by atoms with Crippen LogP contribution in [0.2, 0.25) is 0 Å². The third-order valence-corrected chi connectivity index (χ3v) is 6.73. The molecule has 0 aromatic rings. The van der Waals surface area contributed by atoms with Gasteiger partial charge in [-0.3, -0.25) is 9.34 Å². The molecule has 1 atom stereocenters. The summed E-state index contributed by atoms with van der Waals surface area (Å²) >= 11 is 0. The number of nitriles is 1. The van der Waals surface area contributed by atoms with Crippen molar-refractivity contribution in [2.75, 3.05) is 0 Å². The Morgan fingerprint density at radius 2 is 0.947 bits per heavy atom. The number of hydrogen-bond acceptors (Lipinski definition) is 3. The molecule has 0 aliphatic rings. The van der Waals surface area contributed by atoms with Crippen molar-refractivity contribution in [1.82, 2.24) is 9.34 Å². The summed E-state index contributed by atoms with van der Waals surface area (Å²) in [6, 6.07) is 4.33. The van der Waals surface area contributed by atoms with Gasteiger partial charge in [0.25, 0.3) is 0 Å². The zero-order valence-electron chi connectivity index (χ0n) is 14.2. The van der Waals surface area contributed by atoms with Crippen LogP contribution in [0.25, 0.3) is 0 Å². The Morgan fingerprint density at radius 1 is 0.684 bits per heavy atom. The van der Waals surface area contributed by atoms with Gasteiger partial charge in [0, 0.05) is 24.2 Å². The third kappa shape index (κ3) is 5.03. The fourth-order valence-corrected chi connectivity index (χ4v) is 5.74. The van der Waals surface area contributed by atoms with Gasteiger partial charge in [0.15, 0.2) is 0 Å². The van der Waals surface area contributed by atoms with Crippen LogP contribution in [0.3, 0.4) is 0 Å². The molecule has 0 aromatic carbocycles. The summed E-state index contributed by atoms with van der Waals surface area (Å²) in [5.74, 6) is 0. The van der Waals surface area contributed by atoms with Crippen molar-refractivity contribution >= 4 is 8.22 Å². The predicted octanol–water partition coefficient (Wildman–Crippen LogP) is 4.45. The Kier molecular flexibility index (Phi) is 8.13. The van der Waals surface area contributed by atoms with Gasteiger partial charge in [-0.05, 0) is 62.3 Å². The fraction of sp³-hybridized carbons (Fsp3) is 0.933. The normalized spacial score (nSPS) is 14.5. The van der Waals surface area contributed by atoms with Crippen LogP contribution in [0.1, 0.15) is 62.3 Å². The van der Waals surface area contributed by atoms with Crippen LogP contribution in [-0.2, 0) is 0 Å². The molecule has 0 heterocycles. The SMILES string of the molecule is CC(C)N(C(C)C)P(C(C)C#N)N(C(C)C)C(C)C. The molecule has 4 heteroatoms. The summed E-state index contributed by atoms with van der Waals surface area (Å²) in [6.07, 6.45) is 0. The highest BCUT2D eigenvalue weighted by Crippen LogP contribution is 2.53. The summed E-state index contributed by atoms with van der Waals surface area (Å²) in [7, 11) is -0.601. The monoisotopic (exact) mass is 285 g/mol. The van der Waals surface area contributed by atoms with Gasteiger partial charge in [0.2, 0.25) is 0 Å². The molecule has 0 N–H and O–H groups in total. The van der Waals surface area contributed by atoms with Gasteiger partial charge in [-0.2, -0.15) is 5.26 Å². The molecule has 0 aliphatic carbocycles. The Hall–Kier alpha value is -0.160. The first-order chi connectivity index (χ1) is 8.64. The Labute approximate surface area is 121 Å². The molecule has 19 heavy (non-hydrogen) atoms. The molecule has 0 fully saturated rings. The van der Waals surface area contributed by atoms with Crippen molar-refractivity contribution in [1.29, 1.82) is 5.26 Å². The van der Waals surface area contributed by atoms with Crippen molar-refractivity contribution in [3.63, 3.8) is 0 Å². The van der Waals surface area contributed by atoms with Crippen LogP contribution >= 0.6 is 8.22 Å². The second-order valence-electron chi connectivity index (χ2n) is 6.26. The summed E-state index contributed by atoms with van der Waals surface area (Å²) < 4.78 is 5.06.